The van der Waals surface area contributed by atoms with Crippen molar-refractivity contribution in [3.63, 3.8) is 0 Å². The quantitative estimate of drug-likeness (QED) is 0.665. The molecule has 0 bridgehead atoms. The monoisotopic (exact) mass is 207 g/mol. The highest BCUT2D eigenvalue weighted by atomic mass is 32.2. The minimum absolute atomic E-state index is 0.198. The number of rotatable bonds is 3. The van der Waals surface area contributed by atoms with Crippen LogP contribution in [0, 0.1) is 6.92 Å². The normalized spacial score (nSPS) is 13.5. The minimum atomic E-state index is -2.72. The molecule has 13 heavy (non-hydrogen) atoms. The van der Waals surface area contributed by atoms with Crippen molar-refractivity contribution in [3.8, 4) is 0 Å². The standard InChI is InChI=1S/C6H9NO5S/c1-3(7-13(9)10)5-4(2)11-6(8)12-5/h3,13H,1-2H3,(H,7,9,10). The highest BCUT2D eigenvalue weighted by molar-refractivity contribution is 7.70. The van der Waals surface area contributed by atoms with Crippen molar-refractivity contribution in [1.82, 2.24) is 4.72 Å². The Hall–Kier alpha value is -1.08. The van der Waals surface area contributed by atoms with Crippen LogP contribution in [0.4, 0.5) is 0 Å². The van der Waals surface area contributed by atoms with Gasteiger partial charge < -0.3 is 8.83 Å². The fraction of sp³-hybridized carbons (Fsp3) is 0.500. The highest BCUT2D eigenvalue weighted by Gasteiger charge is 2.16. The van der Waals surface area contributed by atoms with E-state index in [1.54, 1.807) is 6.92 Å². The van der Waals surface area contributed by atoms with Crippen molar-refractivity contribution in [3.05, 3.63) is 22.1 Å². The Balaban J connectivity index is 2.94. The first-order valence-corrected chi connectivity index (χ1v) is 4.69. The van der Waals surface area contributed by atoms with Crippen LogP contribution in [0.3, 0.4) is 0 Å². The summed E-state index contributed by atoms with van der Waals surface area (Å²) in [6.07, 6.45) is 0. The van der Waals surface area contributed by atoms with Gasteiger partial charge in [-0.05, 0) is 13.8 Å². The maximum Gasteiger partial charge on any atom is 0.519 e. The first-order chi connectivity index (χ1) is 6.00. The molecule has 74 valence electrons. The van der Waals surface area contributed by atoms with Crippen molar-refractivity contribution in [1.29, 1.82) is 0 Å². The van der Waals surface area contributed by atoms with Crippen LogP contribution in [0.1, 0.15) is 24.5 Å². The average molecular weight is 207 g/mol. The van der Waals surface area contributed by atoms with Gasteiger partial charge in [-0.3, -0.25) is 0 Å². The first kappa shape index (κ1) is 10.0. The van der Waals surface area contributed by atoms with E-state index in [-0.39, 0.29) is 11.5 Å². The van der Waals surface area contributed by atoms with E-state index >= 15 is 0 Å². The molecule has 1 rings (SSSR count). The van der Waals surface area contributed by atoms with E-state index in [9.17, 15) is 13.2 Å². The predicted octanol–water partition coefficient (Wildman–Crippen LogP) is -0.282. The molecule has 1 aromatic rings. The molecule has 0 aromatic carbocycles. The lowest BCUT2D eigenvalue weighted by molar-refractivity contribution is 0.361. The Labute approximate surface area is 75.6 Å². The van der Waals surface area contributed by atoms with Gasteiger partial charge in [0.05, 0.1) is 6.04 Å². The summed E-state index contributed by atoms with van der Waals surface area (Å²) in [5.74, 6) is -0.353. The molecule has 1 heterocycles. The van der Waals surface area contributed by atoms with E-state index in [1.165, 1.54) is 6.92 Å². The summed E-state index contributed by atoms with van der Waals surface area (Å²) in [6.45, 7) is 3.07. The summed E-state index contributed by atoms with van der Waals surface area (Å²) < 4.78 is 31.9. The molecule has 0 spiro atoms. The molecule has 0 fully saturated rings. The maximum absolute atomic E-state index is 10.6. The van der Waals surface area contributed by atoms with Gasteiger partial charge in [-0.1, -0.05) is 0 Å². The lowest BCUT2D eigenvalue weighted by Gasteiger charge is -2.03. The van der Waals surface area contributed by atoms with Crippen LogP contribution in [0.15, 0.2) is 13.6 Å². The van der Waals surface area contributed by atoms with Crippen LogP contribution < -0.4 is 10.5 Å². The second-order valence-corrected chi connectivity index (χ2v) is 3.25. The van der Waals surface area contributed by atoms with Gasteiger partial charge in [-0.15, -0.1) is 0 Å². The van der Waals surface area contributed by atoms with E-state index in [1.807, 2.05) is 0 Å². The molecule has 1 atom stereocenters. The molecular formula is C6H9NO5S. The molecule has 0 saturated heterocycles. The third-order valence-corrected chi connectivity index (χ3v) is 2.07. The van der Waals surface area contributed by atoms with Gasteiger partial charge in [0, 0.05) is 0 Å². The summed E-state index contributed by atoms with van der Waals surface area (Å²) in [6, 6.07) is -0.590. The maximum atomic E-state index is 10.6. The topological polar surface area (TPSA) is 89.5 Å². The Morgan fingerprint density at radius 2 is 2.00 bits per heavy atom. The number of aryl methyl sites for hydroxylation is 1. The Morgan fingerprint density at radius 3 is 2.38 bits per heavy atom. The molecule has 0 saturated carbocycles. The SMILES string of the molecule is Cc1oc(=O)oc1C(C)N[SH](=O)=O. The zero-order valence-corrected chi connectivity index (χ0v) is 7.96. The van der Waals surface area contributed by atoms with Crippen LogP contribution in [0.25, 0.3) is 0 Å². The summed E-state index contributed by atoms with van der Waals surface area (Å²) in [5.41, 5.74) is 0. The summed E-state index contributed by atoms with van der Waals surface area (Å²) in [4.78, 5) is 10.6. The van der Waals surface area contributed by atoms with Crippen LogP contribution in [-0.2, 0) is 10.9 Å². The Kier molecular flexibility index (Phi) is 2.89. The van der Waals surface area contributed by atoms with E-state index in [4.69, 9.17) is 0 Å². The molecular weight excluding hydrogens is 198 g/mol. The molecule has 0 aliphatic rings. The Bertz CT molecular complexity index is 407. The molecule has 0 radical (unpaired) electrons. The fourth-order valence-corrected chi connectivity index (χ4v) is 1.40. The largest absolute Gasteiger partial charge is 0.519 e. The molecule has 1 aromatic heterocycles. The number of hydrogen-bond acceptors (Lipinski definition) is 5. The number of hydrogen-bond donors (Lipinski definition) is 2. The van der Waals surface area contributed by atoms with Gasteiger partial charge in [-0.2, -0.15) is 0 Å². The van der Waals surface area contributed by atoms with Gasteiger partial charge in [-0.25, -0.2) is 17.9 Å². The molecule has 6 nitrogen and oxygen atoms in total. The lowest BCUT2D eigenvalue weighted by Crippen LogP contribution is -2.16. The van der Waals surface area contributed by atoms with Crippen molar-refractivity contribution >= 4 is 10.9 Å². The van der Waals surface area contributed by atoms with Crippen LogP contribution >= 0.6 is 0 Å². The zero-order chi connectivity index (χ0) is 10.0. The number of nitrogens with one attached hydrogen (secondary N) is 1. The van der Waals surface area contributed by atoms with Gasteiger partial charge in [0.25, 0.3) is 0 Å². The van der Waals surface area contributed by atoms with Crippen LogP contribution in [0.2, 0.25) is 0 Å². The highest BCUT2D eigenvalue weighted by Crippen LogP contribution is 2.14. The van der Waals surface area contributed by atoms with E-state index in [2.05, 4.69) is 13.6 Å². The fourth-order valence-electron chi connectivity index (χ4n) is 0.968. The van der Waals surface area contributed by atoms with Crippen molar-refractivity contribution in [2.24, 2.45) is 0 Å². The molecule has 0 aliphatic heterocycles. The molecule has 0 amide bonds. The molecule has 1 unspecified atom stereocenters. The molecule has 7 heteroatoms. The minimum Gasteiger partial charge on any atom is -0.396 e. The van der Waals surface area contributed by atoms with Gasteiger partial charge in [0.15, 0.2) is 5.76 Å². The smallest absolute Gasteiger partial charge is 0.396 e. The molecule has 0 aliphatic carbocycles. The van der Waals surface area contributed by atoms with E-state index in [0.29, 0.717) is 0 Å². The van der Waals surface area contributed by atoms with Gasteiger partial charge >= 0.3 is 5.82 Å². The first-order valence-electron chi connectivity index (χ1n) is 3.51. The van der Waals surface area contributed by atoms with Crippen molar-refractivity contribution in [2.75, 3.05) is 0 Å². The van der Waals surface area contributed by atoms with E-state index in [0.717, 1.165) is 0 Å². The van der Waals surface area contributed by atoms with Crippen LogP contribution in [-0.4, -0.2) is 8.42 Å². The summed E-state index contributed by atoms with van der Waals surface area (Å²) in [7, 11) is -2.72. The third kappa shape index (κ3) is 2.43. The average Bonchev–Trinajstić information content (AvgIpc) is 2.28. The second-order valence-electron chi connectivity index (χ2n) is 2.48. The predicted molar refractivity (Wildman–Crippen MR) is 43.8 cm³/mol. The third-order valence-electron chi connectivity index (χ3n) is 1.47. The van der Waals surface area contributed by atoms with Gasteiger partial charge in [0.1, 0.15) is 5.76 Å². The lowest BCUT2D eigenvalue weighted by atomic mass is 10.2. The second kappa shape index (κ2) is 3.75. The number of thiol groups is 1. The Morgan fingerprint density at radius 1 is 1.38 bits per heavy atom. The van der Waals surface area contributed by atoms with Crippen molar-refractivity contribution in [2.45, 2.75) is 19.9 Å². The zero-order valence-electron chi connectivity index (χ0n) is 7.07. The van der Waals surface area contributed by atoms with Gasteiger partial charge in [0.2, 0.25) is 10.9 Å². The van der Waals surface area contributed by atoms with Crippen molar-refractivity contribution < 1.29 is 17.3 Å². The van der Waals surface area contributed by atoms with E-state index < -0.39 is 22.8 Å². The molecule has 1 N–H and O–H groups in total. The van der Waals surface area contributed by atoms with Crippen LogP contribution in [0.5, 0.6) is 0 Å². The summed E-state index contributed by atoms with van der Waals surface area (Å²) >= 11 is 0. The summed E-state index contributed by atoms with van der Waals surface area (Å²) in [5, 5.41) is 0.